The average molecular weight is 380 g/mol. The molecule has 0 saturated heterocycles. The van der Waals surface area contributed by atoms with E-state index in [1.807, 2.05) is 0 Å². The van der Waals surface area contributed by atoms with Gasteiger partial charge in [0.05, 0.1) is 0 Å². The van der Waals surface area contributed by atoms with E-state index in [1.54, 1.807) is 0 Å². The first-order chi connectivity index (χ1) is 4.18. The van der Waals surface area contributed by atoms with E-state index in [0.29, 0.717) is 0 Å². The fourth-order valence-corrected chi connectivity index (χ4v) is 0.408. The Morgan fingerprint density at radius 2 is 1.29 bits per heavy atom. The van der Waals surface area contributed by atoms with Gasteiger partial charge in [-0.15, -0.1) is 0 Å². The van der Waals surface area contributed by atoms with E-state index in [2.05, 4.69) is 34.6 Å². The van der Waals surface area contributed by atoms with Crippen LogP contribution < -0.4 is 0 Å². The first kappa shape index (κ1) is 46.7. The first-order valence-corrected chi connectivity index (χ1v) is 3.98. The van der Waals surface area contributed by atoms with Gasteiger partial charge >= 0.3 is 21.1 Å². The molecule has 0 radical (unpaired) electrons. The number of halogens is 1. The molecular weight excluding hydrogens is 347 g/mol. The predicted octanol–water partition coefficient (Wildman–Crippen LogP) is 5.55. The molecule has 0 aromatic carbocycles. The van der Waals surface area contributed by atoms with Crippen molar-refractivity contribution in [3.05, 3.63) is 14.4 Å². The molecule has 0 aliphatic carbocycles. The summed E-state index contributed by atoms with van der Waals surface area (Å²) in [5.74, 6) is 0.836. The Morgan fingerprint density at radius 1 is 1.07 bits per heavy atom. The Hall–Kier alpha value is 0.618. The average Bonchev–Trinajstić information content (AvgIpc) is 1.67. The molecule has 0 heterocycles. The maximum atomic E-state index is 3.73. The minimum absolute atomic E-state index is 0. The second kappa shape index (κ2) is 49.5. The molecule has 0 N–H and O–H groups in total. The Balaban J connectivity index is -0.0000000113. The molecular formula is C12H33FW. The van der Waals surface area contributed by atoms with Gasteiger partial charge in [0, 0.05) is 0 Å². The van der Waals surface area contributed by atoms with Gasteiger partial charge < -0.3 is 14.4 Å². The van der Waals surface area contributed by atoms with E-state index < -0.39 is 0 Å². The van der Waals surface area contributed by atoms with Gasteiger partial charge in [-0.1, -0.05) is 55.4 Å². The van der Waals surface area contributed by atoms with Crippen LogP contribution in [0.5, 0.6) is 0 Å². The van der Waals surface area contributed by atoms with Crippen LogP contribution in [0.3, 0.4) is 0 Å². The minimum atomic E-state index is 0. The molecule has 0 atom stereocenters. The van der Waals surface area contributed by atoms with Crippen molar-refractivity contribution in [2.45, 2.75) is 61.8 Å². The molecule has 0 saturated carbocycles. The number of hydrogen-bond donors (Lipinski definition) is 0. The maximum Gasteiger partial charge on any atom is 2.00 e. The van der Waals surface area contributed by atoms with Crippen molar-refractivity contribution in [3.63, 3.8) is 0 Å². The zero-order valence-corrected chi connectivity index (χ0v) is 12.2. The van der Waals surface area contributed by atoms with Crippen LogP contribution >= 0.6 is 0 Å². The van der Waals surface area contributed by atoms with Crippen molar-refractivity contribution in [1.29, 1.82) is 0 Å². The third-order valence-corrected chi connectivity index (χ3v) is 0.781. The van der Waals surface area contributed by atoms with Crippen molar-refractivity contribution < 1.29 is 25.8 Å². The Morgan fingerprint density at radius 3 is 1.29 bits per heavy atom. The van der Waals surface area contributed by atoms with Gasteiger partial charge in [0.1, 0.15) is 0 Å². The zero-order chi connectivity index (χ0) is 7.70. The van der Waals surface area contributed by atoms with Gasteiger partial charge in [0.2, 0.25) is 0 Å². The molecule has 0 fully saturated rings. The summed E-state index contributed by atoms with van der Waals surface area (Å²) < 4.78 is 0. The third-order valence-electron chi connectivity index (χ3n) is 0.781. The third kappa shape index (κ3) is 130. The molecule has 0 aliphatic rings. The summed E-state index contributed by atoms with van der Waals surface area (Å²) in [4.78, 5) is 0. The molecule has 0 unspecified atom stereocenters. The molecule has 0 aliphatic heterocycles. The van der Waals surface area contributed by atoms with Crippen LogP contribution in [-0.2, 0) is 21.1 Å². The minimum Gasteiger partial charge on any atom is -0.358 e. The summed E-state index contributed by atoms with van der Waals surface area (Å²) >= 11 is 0. The van der Waals surface area contributed by atoms with E-state index in [4.69, 9.17) is 0 Å². The van der Waals surface area contributed by atoms with E-state index in [-0.39, 0.29) is 48.0 Å². The van der Waals surface area contributed by atoms with Crippen molar-refractivity contribution >= 4 is 0 Å². The molecule has 2 heteroatoms. The van der Waals surface area contributed by atoms with E-state index >= 15 is 0 Å². The second-order valence-corrected chi connectivity index (χ2v) is 2.74. The van der Waals surface area contributed by atoms with Gasteiger partial charge in [0.25, 0.3) is 0 Å². The normalized spacial score (nSPS) is 5.57. The van der Waals surface area contributed by atoms with E-state index in [9.17, 15) is 0 Å². The standard InChI is InChI=1S/C6H13.C3H8.2CH4.CH3.FH.W/c1-4-5-6(2)3;1-3-2;;;;;/h6H,1,4-5H2,2-3H3;3H2,1-2H3;2*1H4;1H3;1H;/q-1;;;;-1;;+2. The molecule has 0 rings (SSSR count). The summed E-state index contributed by atoms with van der Waals surface area (Å²) in [7, 11) is 0. The van der Waals surface area contributed by atoms with Crippen LogP contribution in [0.4, 0.5) is 4.70 Å². The predicted molar refractivity (Wildman–Crippen MR) is 67.8 cm³/mol. The Kier molecular flexibility index (Phi) is 165. The van der Waals surface area contributed by atoms with Crippen LogP contribution in [0.1, 0.15) is 61.8 Å². The van der Waals surface area contributed by atoms with Gasteiger partial charge in [-0.05, 0) is 5.92 Å². The summed E-state index contributed by atoms with van der Waals surface area (Å²) in [6.07, 6.45) is 3.59. The molecule has 94 valence electrons. The Bertz CT molecular complexity index is 39.3. The SMILES string of the molecule is C.C.CCC.F.[CH2-]CCC(C)C.[CH3-].[W+2]. The molecule has 0 amide bonds. The number of hydrogen-bond acceptors (Lipinski definition) is 0. The van der Waals surface area contributed by atoms with Crippen molar-refractivity contribution in [3.8, 4) is 0 Å². The van der Waals surface area contributed by atoms with Crippen LogP contribution in [0.25, 0.3) is 0 Å². The maximum absolute atomic E-state index is 3.73. The zero-order valence-electron chi connectivity index (χ0n) is 9.22. The monoisotopic (exact) mass is 380 g/mol. The summed E-state index contributed by atoms with van der Waals surface area (Å²) in [6.45, 7) is 12.4. The molecule has 0 aromatic heterocycles. The van der Waals surface area contributed by atoms with Gasteiger partial charge in [-0.25, -0.2) is 0 Å². The molecule has 14 heavy (non-hydrogen) atoms. The largest absolute Gasteiger partial charge is 2.00 e. The molecule has 0 bridgehead atoms. The Labute approximate surface area is 108 Å². The molecule has 0 nitrogen and oxygen atoms in total. The van der Waals surface area contributed by atoms with Crippen molar-refractivity contribution in [2.75, 3.05) is 0 Å². The van der Waals surface area contributed by atoms with E-state index in [1.165, 1.54) is 12.8 Å². The second-order valence-electron chi connectivity index (χ2n) is 2.74. The summed E-state index contributed by atoms with van der Waals surface area (Å²) in [6, 6.07) is 0. The topological polar surface area (TPSA) is 0 Å². The van der Waals surface area contributed by atoms with Gasteiger partial charge in [-0.2, -0.15) is 6.42 Å². The van der Waals surface area contributed by atoms with Gasteiger partial charge in [-0.3, -0.25) is 4.70 Å². The van der Waals surface area contributed by atoms with Crippen LogP contribution in [0.15, 0.2) is 0 Å². The summed E-state index contributed by atoms with van der Waals surface area (Å²) in [5.41, 5.74) is 0. The summed E-state index contributed by atoms with van der Waals surface area (Å²) in [5, 5.41) is 0. The van der Waals surface area contributed by atoms with Crippen LogP contribution in [0, 0.1) is 20.3 Å². The van der Waals surface area contributed by atoms with Crippen molar-refractivity contribution in [2.24, 2.45) is 5.92 Å². The smallest absolute Gasteiger partial charge is 0.358 e. The van der Waals surface area contributed by atoms with E-state index in [0.717, 1.165) is 12.3 Å². The molecule has 0 spiro atoms. The first-order valence-electron chi connectivity index (χ1n) is 3.98. The van der Waals surface area contributed by atoms with Gasteiger partial charge in [0.15, 0.2) is 0 Å². The number of rotatable bonds is 2. The fraction of sp³-hybridized carbons (Fsp3) is 0.833. The quantitative estimate of drug-likeness (QED) is 0.552. The van der Waals surface area contributed by atoms with Crippen LogP contribution in [0.2, 0.25) is 0 Å². The fourth-order valence-electron chi connectivity index (χ4n) is 0.408. The van der Waals surface area contributed by atoms with Crippen LogP contribution in [-0.4, -0.2) is 0 Å². The van der Waals surface area contributed by atoms with Crippen molar-refractivity contribution in [1.82, 2.24) is 0 Å². The molecule has 0 aromatic rings.